The normalized spacial score (nSPS) is 10.7. The third kappa shape index (κ3) is 4.84. The van der Waals surface area contributed by atoms with Crippen molar-refractivity contribution < 1.29 is 27.8 Å². The van der Waals surface area contributed by atoms with Gasteiger partial charge in [-0.1, -0.05) is 29.8 Å². The second-order valence-electron chi connectivity index (χ2n) is 6.40. The van der Waals surface area contributed by atoms with Crippen LogP contribution in [0.4, 0.5) is 13.6 Å². The van der Waals surface area contributed by atoms with E-state index in [1.807, 2.05) is 0 Å². The highest BCUT2D eigenvalue weighted by molar-refractivity contribution is 7.18. The lowest BCUT2D eigenvalue weighted by Gasteiger charge is -2.10. The highest BCUT2D eigenvalue weighted by Crippen LogP contribution is 2.28. The molecule has 0 radical (unpaired) electrons. The summed E-state index contributed by atoms with van der Waals surface area (Å²) in [5.74, 6) is -3.92. The topological polar surface area (TPSA) is 77.5 Å². The summed E-state index contributed by atoms with van der Waals surface area (Å²) >= 11 is 7.26. The lowest BCUT2D eigenvalue weighted by atomic mass is 10.1. The molecule has 1 heterocycles. The number of benzene rings is 3. The number of fused-ring (bicyclic) bond motifs is 1. The average molecular weight is 475 g/mol. The number of thiazole rings is 1. The first-order valence-electron chi connectivity index (χ1n) is 9.14. The van der Waals surface area contributed by atoms with Crippen molar-refractivity contribution >= 4 is 45.2 Å². The average Bonchev–Trinajstić information content (AvgIpc) is 3.15. The van der Waals surface area contributed by atoms with Crippen LogP contribution in [0.15, 0.2) is 60.7 Å². The molecule has 1 aromatic heterocycles. The van der Waals surface area contributed by atoms with E-state index in [1.165, 1.54) is 23.5 Å². The SMILES string of the molecule is O=C(NC(=O)c1c(F)ccc(OCc2nc3ccc(Cl)cc3s2)c1F)Oc1ccccc1. The lowest BCUT2D eigenvalue weighted by molar-refractivity contribution is 0.0941. The number of ether oxygens (including phenoxy) is 2. The van der Waals surface area contributed by atoms with Crippen LogP contribution >= 0.6 is 22.9 Å². The molecule has 0 saturated carbocycles. The second kappa shape index (κ2) is 9.29. The molecule has 0 bridgehead atoms. The Labute approximate surface area is 189 Å². The van der Waals surface area contributed by atoms with Gasteiger partial charge in [0.2, 0.25) is 0 Å². The molecule has 0 aliphatic rings. The number of hydrogen-bond acceptors (Lipinski definition) is 6. The van der Waals surface area contributed by atoms with E-state index in [9.17, 15) is 18.4 Å². The van der Waals surface area contributed by atoms with Crippen LogP contribution in [0.1, 0.15) is 15.4 Å². The number of carbonyl (C=O) groups is 2. The highest BCUT2D eigenvalue weighted by Gasteiger charge is 2.24. The van der Waals surface area contributed by atoms with E-state index < -0.39 is 29.2 Å². The number of carbonyl (C=O) groups excluding carboxylic acids is 2. The summed E-state index contributed by atoms with van der Waals surface area (Å²) < 4.78 is 40.1. The first-order valence-corrected chi connectivity index (χ1v) is 10.3. The predicted octanol–water partition coefficient (Wildman–Crippen LogP) is 5.74. The predicted molar refractivity (Wildman–Crippen MR) is 115 cm³/mol. The lowest BCUT2D eigenvalue weighted by Crippen LogP contribution is -2.34. The molecule has 4 aromatic rings. The first-order chi connectivity index (χ1) is 15.4. The molecule has 4 rings (SSSR count). The van der Waals surface area contributed by atoms with Gasteiger partial charge in [0.05, 0.1) is 10.2 Å². The van der Waals surface area contributed by atoms with Crippen molar-refractivity contribution in [1.82, 2.24) is 10.3 Å². The summed E-state index contributed by atoms with van der Waals surface area (Å²) in [6.07, 6.45) is -1.18. The molecular weight excluding hydrogens is 462 g/mol. The fraction of sp³-hybridized carbons (Fsp3) is 0.0455. The molecule has 0 atom stereocenters. The number of nitrogens with one attached hydrogen (secondary N) is 1. The number of imide groups is 1. The van der Waals surface area contributed by atoms with Crippen LogP contribution in [-0.4, -0.2) is 17.0 Å². The molecule has 0 unspecified atom stereocenters. The van der Waals surface area contributed by atoms with Crippen molar-refractivity contribution in [2.75, 3.05) is 0 Å². The minimum absolute atomic E-state index is 0.114. The van der Waals surface area contributed by atoms with Gasteiger partial charge in [-0.2, -0.15) is 0 Å². The Hall–Kier alpha value is -3.56. The van der Waals surface area contributed by atoms with Crippen LogP contribution in [0.2, 0.25) is 5.02 Å². The minimum atomic E-state index is -1.30. The van der Waals surface area contributed by atoms with E-state index in [2.05, 4.69) is 4.98 Å². The fourth-order valence-electron chi connectivity index (χ4n) is 2.78. The summed E-state index contributed by atoms with van der Waals surface area (Å²) in [6, 6.07) is 15.0. The van der Waals surface area contributed by atoms with Gasteiger partial charge in [-0.15, -0.1) is 11.3 Å². The largest absolute Gasteiger partial charge is 0.483 e. The molecule has 2 amide bonds. The van der Waals surface area contributed by atoms with Gasteiger partial charge in [0.15, 0.2) is 11.6 Å². The molecule has 6 nitrogen and oxygen atoms in total. The van der Waals surface area contributed by atoms with Crippen molar-refractivity contribution in [2.45, 2.75) is 6.61 Å². The number of hydrogen-bond donors (Lipinski definition) is 1. The maximum absolute atomic E-state index is 14.8. The second-order valence-corrected chi connectivity index (χ2v) is 7.95. The van der Waals surface area contributed by atoms with Gasteiger partial charge in [0.1, 0.15) is 28.7 Å². The molecule has 32 heavy (non-hydrogen) atoms. The Balaban J connectivity index is 1.47. The van der Waals surface area contributed by atoms with Crippen molar-refractivity contribution in [2.24, 2.45) is 0 Å². The van der Waals surface area contributed by atoms with Gasteiger partial charge in [0, 0.05) is 5.02 Å². The maximum atomic E-state index is 14.8. The molecule has 0 aliphatic heterocycles. The zero-order chi connectivity index (χ0) is 22.7. The summed E-state index contributed by atoms with van der Waals surface area (Å²) in [5, 5.41) is 2.88. The van der Waals surface area contributed by atoms with E-state index in [0.29, 0.717) is 15.5 Å². The van der Waals surface area contributed by atoms with Gasteiger partial charge >= 0.3 is 6.09 Å². The molecule has 0 saturated heterocycles. The first kappa shape index (κ1) is 21.7. The van der Waals surface area contributed by atoms with Gasteiger partial charge in [0.25, 0.3) is 5.91 Å². The molecule has 0 fully saturated rings. The smallest absolute Gasteiger partial charge is 0.419 e. The summed E-state index contributed by atoms with van der Waals surface area (Å²) in [6.45, 7) is -0.114. The number of para-hydroxylation sites is 1. The van der Waals surface area contributed by atoms with E-state index in [4.69, 9.17) is 21.1 Å². The Kier molecular flexibility index (Phi) is 6.29. The van der Waals surface area contributed by atoms with E-state index >= 15 is 0 Å². The number of amides is 2. The van der Waals surface area contributed by atoms with E-state index in [0.717, 1.165) is 16.8 Å². The molecule has 3 aromatic carbocycles. The van der Waals surface area contributed by atoms with Crippen molar-refractivity contribution in [1.29, 1.82) is 0 Å². The molecule has 162 valence electrons. The maximum Gasteiger partial charge on any atom is 0.419 e. The van der Waals surface area contributed by atoms with Crippen molar-refractivity contribution in [3.8, 4) is 11.5 Å². The third-order valence-electron chi connectivity index (χ3n) is 4.20. The Morgan fingerprint density at radius 2 is 1.84 bits per heavy atom. The summed E-state index contributed by atoms with van der Waals surface area (Å²) in [4.78, 5) is 28.5. The monoisotopic (exact) mass is 474 g/mol. The zero-order valence-electron chi connectivity index (χ0n) is 16.1. The quantitative estimate of drug-likeness (QED) is 0.399. The van der Waals surface area contributed by atoms with Gasteiger partial charge in [-0.3, -0.25) is 10.1 Å². The van der Waals surface area contributed by atoms with Gasteiger partial charge in [-0.25, -0.2) is 18.6 Å². The summed E-state index contributed by atoms with van der Waals surface area (Å²) in [5.41, 5.74) is -0.266. The van der Waals surface area contributed by atoms with Crippen LogP contribution < -0.4 is 14.8 Å². The van der Waals surface area contributed by atoms with Crippen LogP contribution in [0, 0.1) is 11.6 Å². The number of nitrogens with zero attached hydrogens (tertiary/aromatic N) is 1. The number of aromatic nitrogens is 1. The highest BCUT2D eigenvalue weighted by atomic mass is 35.5. The van der Waals surface area contributed by atoms with E-state index in [-0.39, 0.29) is 18.1 Å². The Morgan fingerprint density at radius 1 is 1.06 bits per heavy atom. The third-order valence-corrected chi connectivity index (χ3v) is 5.42. The Bertz CT molecular complexity index is 1310. The van der Waals surface area contributed by atoms with Gasteiger partial charge < -0.3 is 9.47 Å². The van der Waals surface area contributed by atoms with Crippen LogP contribution in [0.25, 0.3) is 10.2 Å². The molecule has 0 aliphatic carbocycles. The van der Waals surface area contributed by atoms with Crippen LogP contribution in [-0.2, 0) is 6.61 Å². The van der Waals surface area contributed by atoms with E-state index in [1.54, 1.807) is 41.7 Å². The number of halogens is 3. The molecule has 10 heteroatoms. The van der Waals surface area contributed by atoms with Crippen molar-refractivity contribution in [3.05, 3.63) is 87.9 Å². The molecular formula is C22H13ClF2N2O4S. The molecule has 1 N–H and O–H groups in total. The molecule has 0 spiro atoms. The summed E-state index contributed by atoms with van der Waals surface area (Å²) in [7, 11) is 0. The standard InChI is InChI=1S/C22H13ClF2N2O4S/c23-12-6-8-15-17(10-12)32-18(26-15)11-30-16-9-7-14(24)19(20(16)25)21(28)27-22(29)31-13-4-2-1-3-5-13/h1-10H,11H2,(H,27,28,29). The van der Waals surface area contributed by atoms with Crippen LogP contribution in [0.3, 0.4) is 0 Å². The van der Waals surface area contributed by atoms with Gasteiger partial charge in [-0.05, 0) is 42.5 Å². The zero-order valence-corrected chi connectivity index (χ0v) is 17.7. The Morgan fingerprint density at radius 3 is 2.62 bits per heavy atom. The van der Waals surface area contributed by atoms with Crippen molar-refractivity contribution in [3.63, 3.8) is 0 Å². The minimum Gasteiger partial charge on any atom is -0.483 e. The van der Waals surface area contributed by atoms with Crippen LogP contribution in [0.5, 0.6) is 11.5 Å². The fourth-order valence-corrected chi connectivity index (χ4v) is 3.93. The number of rotatable bonds is 5.